The summed E-state index contributed by atoms with van der Waals surface area (Å²) in [6.45, 7) is 3.81. The van der Waals surface area contributed by atoms with E-state index in [0.717, 1.165) is 25.2 Å². The molecule has 2 atom stereocenters. The zero-order chi connectivity index (χ0) is 13.7. The largest absolute Gasteiger partial charge is 0.481 e. The monoisotopic (exact) mass is 264 g/mol. The number of pyridine rings is 1. The Morgan fingerprint density at radius 2 is 2.32 bits per heavy atom. The lowest BCUT2D eigenvalue weighted by Crippen LogP contribution is -2.40. The third-order valence-corrected chi connectivity index (χ3v) is 3.72. The first-order valence-electron chi connectivity index (χ1n) is 7.11. The van der Waals surface area contributed by atoms with E-state index >= 15 is 0 Å². The summed E-state index contributed by atoms with van der Waals surface area (Å²) in [7, 11) is 1.64. The van der Waals surface area contributed by atoms with Gasteiger partial charge in [0, 0.05) is 18.7 Å². The van der Waals surface area contributed by atoms with Crippen molar-refractivity contribution in [2.45, 2.75) is 51.3 Å². The zero-order valence-corrected chi connectivity index (χ0v) is 11.9. The molecule has 1 aromatic rings. The van der Waals surface area contributed by atoms with Gasteiger partial charge in [0.1, 0.15) is 0 Å². The smallest absolute Gasteiger partial charge is 0.213 e. The molecule has 0 bridgehead atoms. The molecule has 4 nitrogen and oxygen atoms in total. The lowest BCUT2D eigenvalue weighted by atomic mass is 9.97. The van der Waals surface area contributed by atoms with Crippen LogP contribution in [0.3, 0.4) is 0 Å². The Morgan fingerprint density at radius 3 is 3.05 bits per heavy atom. The van der Waals surface area contributed by atoms with Crippen LogP contribution in [0, 0.1) is 0 Å². The molecule has 2 heterocycles. The molecular weight excluding hydrogens is 240 g/mol. The fourth-order valence-corrected chi connectivity index (χ4v) is 2.80. The molecule has 1 aliphatic heterocycles. The van der Waals surface area contributed by atoms with E-state index in [4.69, 9.17) is 4.74 Å². The highest BCUT2D eigenvalue weighted by Crippen LogP contribution is 2.23. The second-order valence-corrected chi connectivity index (χ2v) is 5.38. The molecule has 0 aliphatic carbocycles. The molecule has 0 aromatic carbocycles. The molecule has 1 N–H and O–H groups in total. The van der Waals surface area contributed by atoms with E-state index in [1.807, 2.05) is 25.1 Å². The quantitative estimate of drug-likeness (QED) is 0.885. The summed E-state index contributed by atoms with van der Waals surface area (Å²) in [4.78, 5) is 6.91. The van der Waals surface area contributed by atoms with Crippen LogP contribution in [0.5, 0.6) is 5.88 Å². The van der Waals surface area contributed by atoms with Crippen LogP contribution in [-0.4, -0.2) is 40.8 Å². The van der Waals surface area contributed by atoms with Gasteiger partial charge in [-0.25, -0.2) is 4.98 Å². The number of likely N-dealkylation sites (tertiary alicyclic amines) is 1. The molecule has 0 spiro atoms. The van der Waals surface area contributed by atoms with E-state index in [2.05, 4.69) is 9.88 Å². The van der Waals surface area contributed by atoms with Gasteiger partial charge in [0.25, 0.3) is 0 Å². The van der Waals surface area contributed by atoms with Crippen molar-refractivity contribution in [2.24, 2.45) is 0 Å². The average molecular weight is 264 g/mol. The van der Waals surface area contributed by atoms with Gasteiger partial charge >= 0.3 is 0 Å². The molecule has 19 heavy (non-hydrogen) atoms. The summed E-state index contributed by atoms with van der Waals surface area (Å²) in [6.07, 6.45) is 4.29. The number of ether oxygens (including phenoxy) is 1. The molecule has 1 fully saturated rings. The number of aliphatic hydroxyl groups excluding tert-OH is 1. The van der Waals surface area contributed by atoms with Crippen molar-refractivity contribution in [3.63, 3.8) is 0 Å². The second-order valence-electron chi connectivity index (χ2n) is 5.38. The van der Waals surface area contributed by atoms with E-state index in [-0.39, 0.29) is 6.10 Å². The first-order valence-corrected chi connectivity index (χ1v) is 7.11. The number of aliphatic hydroxyl groups is 1. The van der Waals surface area contributed by atoms with Gasteiger partial charge in [0.15, 0.2) is 0 Å². The first-order chi connectivity index (χ1) is 9.19. The van der Waals surface area contributed by atoms with Gasteiger partial charge in [0.05, 0.1) is 18.9 Å². The maximum Gasteiger partial charge on any atom is 0.213 e. The predicted molar refractivity (Wildman–Crippen MR) is 75.1 cm³/mol. The number of hydrogen-bond acceptors (Lipinski definition) is 4. The fraction of sp³-hybridized carbons (Fsp3) is 0.667. The minimum Gasteiger partial charge on any atom is -0.481 e. The zero-order valence-electron chi connectivity index (χ0n) is 11.9. The highest BCUT2D eigenvalue weighted by atomic mass is 16.5. The van der Waals surface area contributed by atoms with Gasteiger partial charge in [-0.05, 0) is 38.8 Å². The minimum absolute atomic E-state index is 0.233. The van der Waals surface area contributed by atoms with E-state index in [1.165, 1.54) is 19.3 Å². The van der Waals surface area contributed by atoms with Gasteiger partial charge in [-0.1, -0.05) is 12.5 Å². The topological polar surface area (TPSA) is 45.6 Å². The van der Waals surface area contributed by atoms with Crippen LogP contribution in [0.4, 0.5) is 0 Å². The summed E-state index contributed by atoms with van der Waals surface area (Å²) >= 11 is 0. The third kappa shape index (κ3) is 4.18. The van der Waals surface area contributed by atoms with Crippen molar-refractivity contribution in [1.82, 2.24) is 9.88 Å². The Bertz CT molecular complexity index is 395. The average Bonchev–Trinajstić information content (AvgIpc) is 2.41. The lowest BCUT2D eigenvalue weighted by Gasteiger charge is -2.36. The fourth-order valence-electron chi connectivity index (χ4n) is 2.80. The summed E-state index contributed by atoms with van der Waals surface area (Å²) in [5.74, 6) is 0.668. The number of hydrogen-bond donors (Lipinski definition) is 1. The maximum absolute atomic E-state index is 9.61. The van der Waals surface area contributed by atoms with Crippen molar-refractivity contribution >= 4 is 0 Å². The van der Waals surface area contributed by atoms with Crippen LogP contribution < -0.4 is 4.74 Å². The van der Waals surface area contributed by atoms with Crippen LogP contribution in [0.25, 0.3) is 0 Å². The van der Waals surface area contributed by atoms with Crippen LogP contribution >= 0.6 is 0 Å². The maximum atomic E-state index is 9.61. The molecule has 1 aromatic heterocycles. The standard InChI is InChI=1S/C15H24N2O2/c1-12(18)10-14-7-3-4-9-17(14)11-13-6-5-8-15(16-13)19-2/h5-6,8,12,14,18H,3-4,7,9-11H2,1-2H3. The van der Waals surface area contributed by atoms with Crippen LogP contribution in [0.1, 0.15) is 38.3 Å². The van der Waals surface area contributed by atoms with E-state index in [0.29, 0.717) is 11.9 Å². The molecule has 1 aliphatic rings. The number of aromatic nitrogens is 1. The SMILES string of the molecule is COc1cccc(CN2CCCCC2CC(C)O)n1. The minimum atomic E-state index is -0.233. The lowest BCUT2D eigenvalue weighted by molar-refractivity contribution is 0.0808. The molecule has 0 radical (unpaired) electrons. The van der Waals surface area contributed by atoms with Crippen molar-refractivity contribution in [3.8, 4) is 5.88 Å². The van der Waals surface area contributed by atoms with Gasteiger partial charge in [-0.15, -0.1) is 0 Å². The molecule has 2 unspecified atom stereocenters. The Balaban J connectivity index is 2.01. The third-order valence-electron chi connectivity index (χ3n) is 3.72. The van der Waals surface area contributed by atoms with Gasteiger partial charge < -0.3 is 9.84 Å². The molecule has 1 saturated heterocycles. The normalized spacial score (nSPS) is 22.2. The van der Waals surface area contributed by atoms with Crippen molar-refractivity contribution in [1.29, 1.82) is 0 Å². The van der Waals surface area contributed by atoms with Crippen molar-refractivity contribution in [2.75, 3.05) is 13.7 Å². The van der Waals surface area contributed by atoms with E-state index < -0.39 is 0 Å². The van der Waals surface area contributed by atoms with Gasteiger partial charge in [-0.2, -0.15) is 0 Å². The van der Waals surface area contributed by atoms with Crippen LogP contribution in [0.15, 0.2) is 18.2 Å². The summed E-state index contributed by atoms with van der Waals surface area (Å²) in [6, 6.07) is 6.36. The molecule has 4 heteroatoms. The Kier molecular flexibility index (Phi) is 5.16. The Hall–Kier alpha value is -1.13. The van der Waals surface area contributed by atoms with Crippen LogP contribution in [-0.2, 0) is 6.54 Å². The summed E-state index contributed by atoms with van der Waals surface area (Å²) in [5, 5.41) is 9.61. The first kappa shape index (κ1) is 14.3. The molecule has 2 rings (SSSR count). The molecule has 0 amide bonds. The highest BCUT2D eigenvalue weighted by Gasteiger charge is 2.23. The van der Waals surface area contributed by atoms with Crippen molar-refractivity contribution in [3.05, 3.63) is 23.9 Å². The summed E-state index contributed by atoms with van der Waals surface area (Å²) < 4.78 is 5.17. The number of nitrogens with zero attached hydrogens (tertiary/aromatic N) is 2. The van der Waals surface area contributed by atoms with Crippen molar-refractivity contribution < 1.29 is 9.84 Å². The Morgan fingerprint density at radius 1 is 1.47 bits per heavy atom. The van der Waals surface area contributed by atoms with E-state index in [1.54, 1.807) is 7.11 Å². The molecule has 0 saturated carbocycles. The second kappa shape index (κ2) is 6.87. The highest BCUT2D eigenvalue weighted by molar-refractivity contribution is 5.15. The number of rotatable bonds is 5. The molecular formula is C15H24N2O2. The van der Waals surface area contributed by atoms with Gasteiger partial charge in [-0.3, -0.25) is 4.90 Å². The number of piperidine rings is 1. The molecule has 106 valence electrons. The van der Waals surface area contributed by atoms with Gasteiger partial charge in [0.2, 0.25) is 5.88 Å². The van der Waals surface area contributed by atoms with Crippen LogP contribution in [0.2, 0.25) is 0 Å². The summed E-state index contributed by atoms with van der Waals surface area (Å²) in [5.41, 5.74) is 1.04. The predicted octanol–water partition coefficient (Wildman–Crippen LogP) is 2.22. The van der Waals surface area contributed by atoms with E-state index in [9.17, 15) is 5.11 Å². The Labute approximate surface area is 115 Å². The number of methoxy groups -OCH3 is 1.